The summed E-state index contributed by atoms with van der Waals surface area (Å²) in [6.45, 7) is 10.3. The van der Waals surface area contributed by atoms with Crippen LogP contribution in [0.5, 0.6) is 0 Å². The number of nitrogens with zero attached hydrogens (tertiary/aromatic N) is 5. The minimum absolute atomic E-state index is 0.572. The van der Waals surface area contributed by atoms with E-state index in [0.717, 1.165) is 56.5 Å². The molecule has 0 aromatic carbocycles. The van der Waals surface area contributed by atoms with E-state index in [9.17, 15) is 0 Å². The van der Waals surface area contributed by atoms with Crippen molar-refractivity contribution in [2.45, 2.75) is 13.8 Å². The van der Waals surface area contributed by atoms with E-state index >= 15 is 0 Å². The van der Waals surface area contributed by atoms with Crippen molar-refractivity contribution >= 4 is 17.4 Å². The first kappa shape index (κ1) is 15.5. The smallest absolute Gasteiger partial charge is 0.137 e. The van der Waals surface area contributed by atoms with Gasteiger partial charge in [-0.05, 0) is 27.9 Å². The third-order valence-corrected chi connectivity index (χ3v) is 4.08. The summed E-state index contributed by atoms with van der Waals surface area (Å²) in [5.41, 5.74) is 0.985. The van der Waals surface area contributed by atoms with Crippen LogP contribution in [0.4, 0.5) is 5.82 Å². The largest absolute Gasteiger partial charge is 0.354 e. The highest BCUT2D eigenvalue weighted by Crippen LogP contribution is 2.24. The molecule has 0 N–H and O–H groups in total. The van der Waals surface area contributed by atoms with Gasteiger partial charge in [0, 0.05) is 44.8 Å². The summed E-state index contributed by atoms with van der Waals surface area (Å²) in [6.07, 6.45) is 0. The van der Waals surface area contributed by atoms with E-state index in [-0.39, 0.29) is 0 Å². The number of hydrogen-bond donors (Lipinski definition) is 0. The maximum absolute atomic E-state index is 6.16. The van der Waals surface area contributed by atoms with Crippen LogP contribution in [0.25, 0.3) is 0 Å². The average molecular weight is 298 g/mol. The van der Waals surface area contributed by atoms with Gasteiger partial charge in [0.05, 0.1) is 0 Å². The van der Waals surface area contributed by atoms with Crippen LogP contribution in [0.1, 0.15) is 11.4 Å². The fraction of sp³-hybridized carbons (Fsp3) is 0.714. The molecule has 5 nitrogen and oxygen atoms in total. The van der Waals surface area contributed by atoms with Gasteiger partial charge in [0.25, 0.3) is 0 Å². The highest BCUT2D eigenvalue weighted by Gasteiger charge is 2.20. The molecule has 0 bridgehead atoms. The van der Waals surface area contributed by atoms with E-state index in [1.54, 1.807) is 0 Å². The molecule has 1 saturated heterocycles. The van der Waals surface area contributed by atoms with E-state index in [4.69, 9.17) is 11.6 Å². The van der Waals surface area contributed by atoms with Gasteiger partial charge < -0.3 is 9.80 Å². The molecule has 0 radical (unpaired) electrons. The van der Waals surface area contributed by atoms with E-state index in [0.29, 0.717) is 5.15 Å². The monoisotopic (exact) mass is 297 g/mol. The third kappa shape index (κ3) is 3.81. The number of aromatic nitrogens is 2. The summed E-state index contributed by atoms with van der Waals surface area (Å²) in [5.74, 6) is 1.74. The Labute approximate surface area is 126 Å². The van der Waals surface area contributed by atoms with Crippen LogP contribution in [0.2, 0.25) is 5.15 Å². The quantitative estimate of drug-likeness (QED) is 0.786. The first-order chi connectivity index (χ1) is 9.47. The predicted molar refractivity (Wildman–Crippen MR) is 83.7 cm³/mol. The van der Waals surface area contributed by atoms with Gasteiger partial charge in [0.15, 0.2) is 0 Å². The molecule has 2 rings (SSSR count). The second-order valence-corrected chi connectivity index (χ2v) is 6.00. The number of rotatable bonds is 4. The molecular formula is C14H24ClN5. The van der Waals surface area contributed by atoms with Crippen molar-refractivity contribution in [3.05, 3.63) is 16.5 Å². The Bertz CT molecular complexity index is 455. The van der Waals surface area contributed by atoms with Crippen molar-refractivity contribution in [3.63, 3.8) is 0 Å². The van der Waals surface area contributed by atoms with Gasteiger partial charge in [-0.15, -0.1) is 0 Å². The van der Waals surface area contributed by atoms with Gasteiger partial charge in [-0.1, -0.05) is 11.6 Å². The molecule has 1 fully saturated rings. The zero-order valence-corrected chi connectivity index (χ0v) is 13.6. The summed E-state index contributed by atoms with van der Waals surface area (Å²) in [7, 11) is 4.23. The predicted octanol–water partition coefficient (Wildman–Crippen LogP) is 1.43. The molecule has 0 aliphatic carbocycles. The molecule has 0 amide bonds. The van der Waals surface area contributed by atoms with Crippen LogP contribution < -0.4 is 4.90 Å². The van der Waals surface area contributed by atoms with Crippen LogP contribution in [-0.2, 0) is 0 Å². The summed E-state index contributed by atoms with van der Waals surface area (Å²) in [5, 5.41) is 0.572. The van der Waals surface area contributed by atoms with E-state index in [1.807, 2.05) is 13.8 Å². The molecule has 0 unspecified atom stereocenters. The Morgan fingerprint density at radius 1 is 1.10 bits per heavy atom. The molecule has 1 aromatic rings. The molecule has 0 saturated carbocycles. The van der Waals surface area contributed by atoms with Gasteiger partial charge >= 0.3 is 0 Å². The lowest BCUT2D eigenvalue weighted by Gasteiger charge is -2.36. The molecule has 1 aliphatic heterocycles. The molecule has 1 aliphatic rings. The van der Waals surface area contributed by atoms with Crippen molar-refractivity contribution in [2.24, 2.45) is 0 Å². The number of likely N-dealkylation sites (N-methyl/N-ethyl adjacent to an activating group) is 1. The SMILES string of the molecule is Cc1nc(Cl)c(C)c(N2CCN(CCN(C)C)CC2)n1. The average Bonchev–Trinajstić information content (AvgIpc) is 2.41. The Hall–Kier alpha value is -0.910. The first-order valence-electron chi connectivity index (χ1n) is 7.10. The molecule has 112 valence electrons. The summed E-state index contributed by atoms with van der Waals surface area (Å²) in [6, 6.07) is 0. The zero-order valence-electron chi connectivity index (χ0n) is 12.9. The fourth-order valence-corrected chi connectivity index (χ4v) is 2.62. The van der Waals surface area contributed by atoms with Crippen molar-refractivity contribution < 1.29 is 0 Å². The number of anilines is 1. The Morgan fingerprint density at radius 3 is 2.35 bits per heavy atom. The first-order valence-corrected chi connectivity index (χ1v) is 7.48. The van der Waals surface area contributed by atoms with Crippen molar-refractivity contribution in [1.82, 2.24) is 19.8 Å². The van der Waals surface area contributed by atoms with Crippen LogP contribution in [0.15, 0.2) is 0 Å². The lowest BCUT2D eigenvalue weighted by Crippen LogP contribution is -2.48. The van der Waals surface area contributed by atoms with Gasteiger partial charge in [-0.25, -0.2) is 9.97 Å². The Balaban J connectivity index is 1.97. The standard InChI is InChI=1S/C14H24ClN5/c1-11-13(15)16-12(2)17-14(11)20-9-7-19(8-10-20)6-5-18(3)4/h5-10H2,1-4H3. The normalized spacial score (nSPS) is 17.0. The van der Waals surface area contributed by atoms with E-state index in [2.05, 4.69) is 38.8 Å². The lowest BCUT2D eigenvalue weighted by molar-refractivity contribution is 0.229. The maximum Gasteiger partial charge on any atom is 0.137 e. The van der Waals surface area contributed by atoms with Crippen LogP contribution in [0, 0.1) is 13.8 Å². The topological polar surface area (TPSA) is 35.5 Å². The summed E-state index contributed by atoms with van der Waals surface area (Å²) >= 11 is 6.16. The minimum Gasteiger partial charge on any atom is -0.354 e. The van der Waals surface area contributed by atoms with E-state index in [1.165, 1.54) is 0 Å². The molecule has 2 heterocycles. The molecule has 1 aromatic heterocycles. The van der Waals surface area contributed by atoms with Crippen molar-refractivity contribution in [3.8, 4) is 0 Å². The number of aryl methyl sites for hydroxylation is 1. The van der Waals surface area contributed by atoms with Crippen LogP contribution >= 0.6 is 11.6 Å². The second-order valence-electron chi connectivity index (χ2n) is 5.64. The number of piperazine rings is 1. The van der Waals surface area contributed by atoms with E-state index < -0.39 is 0 Å². The molecule has 0 spiro atoms. The number of halogens is 1. The van der Waals surface area contributed by atoms with Gasteiger partial charge in [-0.2, -0.15) is 0 Å². The van der Waals surface area contributed by atoms with Gasteiger partial charge in [0.2, 0.25) is 0 Å². The fourth-order valence-electron chi connectivity index (χ4n) is 2.41. The highest BCUT2D eigenvalue weighted by molar-refractivity contribution is 6.30. The second kappa shape index (κ2) is 6.70. The molecule has 6 heteroatoms. The maximum atomic E-state index is 6.16. The Morgan fingerprint density at radius 2 is 1.75 bits per heavy atom. The van der Waals surface area contributed by atoms with Gasteiger partial charge in [-0.3, -0.25) is 4.90 Å². The van der Waals surface area contributed by atoms with Gasteiger partial charge in [0.1, 0.15) is 16.8 Å². The molecular weight excluding hydrogens is 274 g/mol. The van der Waals surface area contributed by atoms with Crippen LogP contribution in [0.3, 0.4) is 0 Å². The number of hydrogen-bond acceptors (Lipinski definition) is 5. The molecule has 0 atom stereocenters. The molecule has 20 heavy (non-hydrogen) atoms. The highest BCUT2D eigenvalue weighted by atomic mass is 35.5. The zero-order chi connectivity index (χ0) is 14.7. The summed E-state index contributed by atoms with van der Waals surface area (Å²) < 4.78 is 0. The Kier molecular flexibility index (Phi) is 5.18. The third-order valence-electron chi connectivity index (χ3n) is 3.71. The van der Waals surface area contributed by atoms with Crippen molar-refractivity contribution in [1.29, 1.82) is 0 Å². The van der Waals surface area contributed by atoms with Crippen molar-refractivity contribution in [2.75, 3.05) is 58.3 Å². The summed E-state index contributed by atoms with van der Waals surface area (Å²) in [4.78, 5) is 15.8. The lowest BCUT2D eigenvalue weighted by atomic mass is 10.2. The minimum atomic E-state index is 0.572. The van der Waals surface area contributed by atoms with Crippen LogP contribution in [-0.4, -0.2) is 73.1 Å².